The van der Waals surface area contributed by atoms with E-state index in [1.54, 1.807) is 0 Å². The Labute approximate surface area is 146 Å². The van der Waals surface area contributed by atoms with E-state index in [2.05, 4.69) is 17.4 Å². The summed E-state index contributed by atoms with van der Waals surface area (Å²) in [5, 5.41) is 3.22. The number of hydrogen-bond acceptors (Lipinski definition) is 3. The average molecular weight is 341 g/mol. The fourth-order valence-corrected chi connectivity index (χ4v) is 2.94. The maximum atomic E-state index is 12.2. The highest BCUT2D eigenvalue weighted by atomic mass is 35.5. The number of piperidine rings is 1. The lowest BCUT2D eigenvalue weighted by Crippen LogP contribution is -2.40. The number of rotatable bonds is 6. The average Bonchev–Trinajstić information content (AvgIpc) is 2.51. The summed E-state index contributed by atoms with van der Waals surface area (Å²) in [7, 11) is 1.99. The Kier molecular flexibility index (Phi) is 8.42. The van der Waals surface area contributed by atoms with Crippen LogP contribution in [0, 0.1) is 19.8 Å². The molecule has 23 heavy (non-hydrogen) atoms. The topological polar surface area (TPSA) is 41.6 Å². The Morgan fingerprint density at radius 3 is 2.65 bits per heavy atom. The Morgan fingerprint density at radius 2 is 2.00 bits per heavy atom. The number of carbonyl (C=O) groups is 1. The first-order chi connectivity index (χ1) is 10.6. The van der Waals surface area contributed by atoms with Gasteiger partial charge in [-0.25, -0.2) is 0 Å². The van der Waals surface area contributed by atoms with Crippen molar-refractivity contribution in [3.05, 3.63) is 29.3 Å². The maximum absolute atomic E-state index is 12.2. The minimum absolute atomic E-state index is 0. The molecule has 2 rings (SSSR count). The van der Waals surface area contributed by atoms with Crippen LogP contribution in [0.4, 0.5) is 0 Å². The molecule has 1 aliphatic rings. The normalized spacial score (nSPS) is 15.2. The van der Waals surface area contributed by atoms with Gasteiger partial charge in [0.1, 0.15) is 5.75 Å². The van der Waals surface area contributed by atoms with Crippen LogP contribution in [0.15, 0.2) is 18.2 Å². The molecular formula is C18H29ClN2O2. The lowest BCUT2D eigenvalue weighted by molar-refractivity contribution is -0.133. The van der Waals surface area contributed by atoms with Crippen LogP contribution in [-0.4, -0.2) is 44.1 Å². The third-order valence-corrected chi connectivity index (χ3v) is 4.38. The summed E-state index contributed by atoms with van der Waals surface area (Å²) in [5.41, 5.74) is 2.30. The van der Waals surface area contributed by atoms with Gasteiger partial charge >= 0.3 is 0 Å². The first-order valence-electron chi connectivity index (χ1n) is 8.22. The maximum Gasteiger partial charge on any atom is 0.225 e. The Bertz CT molecular complexity index is 500. The van der Waals surface area contributed by atoms with E-state index in [1.165, 1.54) is 5.56 Å². The van der Waals surface area contributed by atoms with E-state index >= 15 is 0 Å². The minimum atomic E-state index is 0. The predicted molar refractivity (Wildman–Crippen MR) is 96.5 cm³/mol. The summed E-state index contributed by atoms with van der Waals surface area (Å²) in [6, 6.07) is 6.16. The number of carbonyl (C=O) groups excluding carboxylic acids is 1. The molecule has 0 atom stereocenters. The molecule has 0 aromatic heterocycles. The third-order valence-electron chi connectivity index (χ3n) is 4.38. The lowest BCUT2D eigenvalue weighted by atomic mass is 9.97. The van der Waals surface area contributed by atoms with Gasteiger partial charge in [0, 0.05) is 13.1 Å². The van der Waals surface area contributed by atoms with Crippen molar-refractivity contribution in [2.24, 2.45) is 5.92 Å². The van der Waals surface area contributed by atoms with Gasteiger partial charge in [0.2, 0.25) is 5.91 Å². The molecule has 0 aliphatic carbocycles. The van der Waals surface area contributed by atoms with Crippen molar-refractivity contribution >= 4 is 18.3 Å². The van der Waals surface area contributed by atoms with Crippen LogP contribution in [-0.2, 0) is 4.79 Å². The van der Waals surface area contributed by atoms with E-state index < -0.39 is 0 Å². The van der Waals surface area contributed by atoms with E-state index in [-0.39, 0.29) is 18.3 Å². The summed E-state index contributed by atoms with van der Waals surface area (Å²) in [4.78, 5) is 14.2. The number of halogens is 1. The summed E-state index contributed by atoms with van der Waals surface area (Å²) in [6.07, 6.45) is 2.67. The molecule has 0 saturated carbocycles. The van der Waals surface area contributed by atoms with Crippen LogP contribution in [0.25, 0.3) is 0 Å². The number of nitrogens with one attached hydrogen (secondary N) is 1. The molecule has 1 N–H and O–H groups in total. The minimum Gasteiger partial charge on any atom is -0.493 e. The summed E-state index contributed by atoms with van der Waals surface area (Å²) in [5.74, 6) is 1.81. The van der Waals surface area contributed by atoms with E-state index in [4.69, 9.17) is 4.74 Å². The number of ether oxygens (including phenoxy) is 1. The summed E-state index contributed by atoms with van der Waals surface area (Å²) < 4.78 is 5.78. The van der Waals surface area contributed by atoms with Crippen molar-refractivity contribution in [3.8, 4) is 5.75 Å². The van der Waals surface area contributed by atoms with Gasteiger partial charge in [0.15, 0.2) is 0 Å². The molecule has 1 saturated heterocycles. The molecule has 4 nitrogen and oxygen atoms in total. The van der Waals surface area contributed by atoms with E-state index in [1.807, 2.05) is 31.9 Å². The van der Waals surface area contributed by atoms with Crippen molar-refractivity contribution < 1.29 is 9.53 Å². The van der Waals surface area contributed by atoms with Gasteiger partial charge < -0.3 is 15.0 Å². The molecule has 1 amide bonds. The number of amides is 1. The SMILES string of the molecule is CNCC1CCN(C(=O)CCOc2cc(C)ccc2C)CC1.Cl. The van der Waals surface area contributed by atoms with Crippen LogP contribution < -0.4 is 10.1 Å². The van der Waals surface area contributed by atoms with Crippen molar-refractivity contribution in [2.75, 3.05) is 33.3 Å². The van der Waals surface area contributed by atoms with Crippen LogP contribution in [0.3, 0.4) is 0 Å². The summed E-state index contributed by atoms with van der Waals surface area (Å²) >= 11 is 0. The third kappa shape index (κ3) is 6.04. The van der Waals surface area contributed by atoms with Gasteiger partial charge in [-0.3, -0.25) is 4.79 Å². The number of aryl methyl sites for hydroxylation is 2. The fourth-order valence-electron chi connectivity index (χ4n) is 2.94. The molecule has 0 spiro atoms. The van der Waals surface area contributed by atoms with E-state index in [9.17, 15) is 4.79 Å². The number of nitrogens with zero attached hydrogens (tertiary/aromatic N) is 1. The van der Waals surface area contributed by atoms with Crippen LogP contribution >= 0.6 is 12.4 Å². The van der Waals surface area contributed by atoms with Gasteiger partial charge in [0.25, 0.3) is 0 Å². The molecular weight excluding hydrogens is 312 g/mol. The molecule has 1 aromatic carbocycles. The lowest BCUT2D eigenvalue weighted by Gasteiger charge is -2.32. The van der Waals surface area contributed by atoms with Gasteiger partial charge in [-0.05, 0) is 63.4 Å². The van der Waals surface area contributed by atoms with Gasteiger partial charge in [-0.15, -0.1) is 12.4 Å². The van der Waals surface area contributed by atoms with Crippen molar-refractivity contribution in [2.45, 2.75) is 33.1 Å². The smallest absolute Gasteiger partial charge is 0.225 e. The zero-order chi connectivity index (χ0) is 15.9. The summed E-state index contributed by atoms with van der Waals surface area (Å²) in [6.45, 7) is 7.36. The number of likely N-dealkylation sites (tertiary alicyclic amines) is 1. The van der Waals surface area contributed by atoms with Gasteiger partial charge in [-0.2, -0.15) is 0 Å². The van der Waals surface area contributed by atoms with Crippen molar-refractivity contribution in [3.63, 3.8) is 0 Å². The first-order valence-corrected chi connectivity index (χ1v) is 8.22. The number of hydrogen-bond donors (Lipinski definition) is 1. The number of benzene rings is 1. The second kappa shape index (κ2) is 9.78. The van der Waals surface area contributed by atoms with E-state index in [0.717, 1.165) is 43.8 Å². The molecule has 1 fully saturated rings. The largest absolute Gasteiger partial charge is 0.493 e. The molecule has 0 radical (unpaired) electrons. The highest BCUT2D eigenvalue weighted by Crippen LogP contribution is 2.20. The highest BCUT2D eigenvalue weighted by molar-refractivity contribution is 5.85. The van der Waals surface area contributed by atoms with Crippen LogP contribution in [0.2, 0.25) is 0 Å². The Balaban J connectivity index is 0.00000264. The molecule has 1 heterocycles. The van der Waals surface area contributed by atoms with Crippen LogP contribution in [0.1, 0.15) is 30.4 Å². The molecule has 0 bridgehead atoms. The molecule has 130 valence electrons. The zero-order valence-electron chi connectivity index (χ0n) is 14.4. The zero-order valence-corrected chi connectivity index (χ0v) is 15.2. The van der Waals surface area contributed by atoms with E-state index in [0.29, 0.717) is 18.9 Å². The molecule has 5 heteroatoms. The van der Waals surface area contributed by atoms with Gasteiger partial charge in [0.05, 0.1) is 13.0 Å². The van der Waals surface area contributed by atoms with Crippen molar-refractivity contribution in [1.29, 1.82) is 0 Å². The first kappa shape index (κ1) is 19.8. The Morgan fingerprint density at radius 1 is 1.30 bits per heavy atom. The monoisotopic (exact) mass is 340 g/mol. The molecule has 1 aliphatic heterocycles. The van der Waals surface area contributed by atoms with Crippen LogP contribution in [0.5, 0.6) is 5.75 Å². The fraction of sp³-hybridized carbons (Fsp3) is 0.611. The second-order valence-corrected chi connectivity index (χ2v) is 6.25. The quantitative estimate of drug-likeness (QED) is 0.865. The highest BCUT2D eigenvalue weighted by Gasteiger charge is 2.22. The molecule has 0 unspecified atom stereocenters. The second-order valence-electron chi connectivity index (χ2n) is 6.25. The standard InChI is InChI=1S/C18H28N2O2.ClH/c1-14-4-5-15(2)17(12-14)22-11-8-18(21)20-9-6-16(7-10-20)13-19-3;/h4-5,12,16,19H,6-11,13H2,1-3H3;1H. The van der Waals surface area contributed by atoms with Gasteiger partial charge in [-0.1, -0.05) is 12.1 Å². The van der Waals surface area contributed by atoms with Crippen molar-refractivity contribution in [1.82, 2.24) is 10.2 Å². The predicted octanol–water partition coefficient (Wildman–Crippen LogP) is 2.95. The molecule has 1 aromatic rings. The Hall–Kier alpha value is -1.26.